The molecule has 2 aliphatic rings. The fourth-order valence-corrected chi connectivity index (χ4v) is 9.93. The summed E-state index contributed by atoms with van der Waals surface area (Å²) in [5.41, 5.74) is 19.2. The monoisotopic (exact) mass is 715 g/mol. The third-order valence-electron chi connectivity index (χ3n) is 12.2. The molecular formula is C51H34BN3O. The number of hydrogen-bond acceptors (Lipinski definition) is 3. The first-order valence-electron chi connectivity index (χ1n) is 19.3. The third kappa shape index (κ3) is 4.23. The van der Waals surface area contributed by atoms with Crippen molar-refractivity contribution in [3.05, 3.63) is 204 Å². The van der Waals surface area contributed by atoms with Crippen molar-refractivity contribution in [3.8, 4) is 28.3 Å². The van der Waals surface area contributed by atoms with Crippen molar-refractivity contribution in [1.29, 1.82) is 0 Å². The van der Waals surface area contributed by atoms with Crippen molar-refractivity contribution < 1.29 is 4.42 Å². The Balaban J connectivity index is 1.15. The predicted octanol–water partition coefficient (Wildman–Crippen LogP) is 10.7. The van der Waals surface area contributed by atoms with Gasteiger partial charge in [-0.15, -0.1) is 0 Å². The molecule has 56 heavy (non-hydrogen) atoms. The molecule has 2 aliphatic heterocycles. The Bertz CT molecular complexity index is 3160. The van der Waals surface area contributed by atoms with Gasteiger partial charge in [-0.25, -0.2) is 4.98 Å². The van der Waals surface area contributed by atoms with Crippen LogP contribution in [0.2, 0.25) is 0 Å². The highest BCUT2D eigenvalue weighted by Gasteiger charge is 2.45. The second-order valence-corrected chi connectivity index (χ2v) is 15.2. The molecule has 0 spiro atoms. The van der Waals surface area contributed by atoms with E-state index in [1.54, 1.807) is 0 Å². The van der Waals surface area contributed by atoms with E-state index in [1.165, 1.54) is 71.7 Å². The zero-order valence-electron chi connectivity index (χ0n) is 30.8. The summed E-state index contributed by atoms with van der Waals surface area (Å²) in [5.74, 6) is 0.641. The Hall–Kier alpha value is -7.11. The number of hydrogen-bond donors (Lipinski definition) is 1. The van der Waals surface area contributed by atoms with E-state index in [0.29, 0.717) is 5.89 Å². The first kappa shape index (κ1) is 31.3. The molecule has 0 bridgehead atoms. The minimum absolute atomic E-state index is 0.540. The van der Waals surface area contributed by atoms with Gasteiger partial charge in [-0.1, -0.05) is 145 Å². The van der Waals surface area contributed by atoms with Crippen LogP contribution in [0.3, 0.4) is 0 Å². The van der Waals surface area contributed by atoms with Crippen LogP contribution in [0.1, 0.15) is 27.8 Å². The summed E-state index contributed by atoms with van der Waals surface area (Å²) in [6.45, 7) is 2.28. The molecule has 10 aromatic rings. The van der Waals surface area contributed by atoms with E-state index < -0.39 is 5.41 Å². The maximum atomic E-state index is 6.47. The van der Waals surface area contributed by atoms with Crippen LogP contribution >= 0.6 is 0 Å². The van der Waals surface area contributed by atoms with Crippen LogP contribution in [0, 0.1) is 6.92 Å². The van der Waals surface area contributed by atoms with Crippen LogP contribution in [-0.4, -0.2) is 16.8 Å². The Morgan fingerprint density at radius 3 is 2.11 bits per heavy atom. The molecule has 262 valence electrons. The number of nitrogens with zero attached hydrogens (tertiary/aromatic N) is 2. The molecule has 0 radical (unpaired) electrons. The highest BCUT2D eigenvalue weighted by Crippen LogP contribution is 2.55. The quantitative estimate of drug-likeness (QED) is 0.185. The lowest BCUT2D eigenvalue weighted by Crippen LogP contribution is -2.38. The fourth-order valence-electron chi connectivity index (χ4n) is 9.93. The standard InChI is InChI=1S/C51H34BN3O/c1-31-28-37(35-23-15-25-39-48(35)53-41-26-13-12-24-38(41)51(39,33-18-7-3-8-19-33)34-20-9-4-10-21-34)47-49-46(31)36-22-11-14-27-43(36)55(49)44-30-42-45(29-40(44)52-47)56-50(54-42)32-16-5-2-6-17-32/h2-30,52-53H,1H3. The number of oxazole rings is 1. The first-order chi connectivity index (χ1) is 27.7. The summed E-state index contributed by atoms with van der Waals surface area (Å²) in [4.78, 5) is 5.00. The van der Waals surface area contributed by atoms with Gasteiger partial charge in [-0.05, 0) is 82.2 Å². The lowest BCUT2D eigenvalue weighted by molar-refractivity contribution is 0.620. The van der Waals surface area contributed by atoms with Crippen molar-refractivity contribution in [3.63, 3.8) is 0 Å². The van der Waals surface area contributed by atoms with E-state index in [1.807, 2.05) is 18.2 Å². The van der Waals surface area contributed by atoms with E-state index in [4.69, 9.17) is 9.40 Å². The van der Waals surface area contributed by atoms with Gasteiger partial charge in [0.1, 0.15) is 5.52 Å². The second kappa shape index (κ2) is 11.7. The van der Waals surface area contributed by atoms with Crippen molar-refractivity contribution >= 4 is 62.5 Å². The Labute approximate surface area is 325 Å². The van der Waals surface area contributed by atoms with Gasteiger partial charge in [0.2, 0.25) is 5.89 Å². The van der Waals surface area contributed by atoms with Crippen LogP contribution in [0.25, 0.3) is 61.2 Å². The molecular weight excluding hydrogens is 681 g/mol. The number of benzene rings is 8. The fraction of sp³-hybridized carbons (Fsp3) is 0.0392. The average Bonchev–Trinajstić information content (AvgIpc) is 3.84. The predicted molar refractivity (Wildman–Crippen MR) is 232 cm³/mol. The van der Waals surface area contributed by atoms with Crippen LogP contribution in [0.5, 0.6) is 0 Å². The topological polar surface area (TPSA) is 43.0 Å². The number of aromatic nitrogens is 2. The van der Waals surface area contributed by atoms with E-state index in [9.17, 15) is 0 Å². The molecule has 8 aromatic carbocycles. The van der Waals surface area contributed by atoms with Crippen LogP contribution < -0.4 is 16.2 Å². The highest BCUT2D eigenvalue weighted by atomic mass is 16.3. The summed E-state index contributed by atoms with van der Waals surface area (Å²) < 4.78 is 8.96. The Morgan fingerprint density at radius 2 is 1.32 bits per heavy atom. The van der Waals surface area contributed by atoms with Crippen molar-refractivity contribution in [2.75, 3.05) is 5.32 Å². The molecule has 12 rings (SSSR count). The number of rotatable bonds is 4. The Morgan fingerprint density at radius 1 is 0.643 bits per heavy atom. The van der Waals surface area contributed by atoms with Crippen LogP contribution in [0.15, 0.2) is 180 Å². The number of fused-ring (bicyclic) bond motifs is 8. The summed E-state index contributed by atoms with van der Waals surface area (Å²) >= 11 is 0. The van der Waals surface area contributed by atoms with E-state index in [0.717, 1.165) is 41.0 Å². The molecule has 0 unspecified atom stereocenters. The SMILES string of the molecule is Cc1cc(-c2cccc3c2Nc2ccccc2C3(c2ccccc2)c2ccccc2)c2c3c1c1ccccc1n3-c1cc3nc(-c4ccccc4)oc3cc1B2. The molecule has 0 fully saturated rings. The number of nitrogens with one attached hydrogen (secondary N) is 1. The zero-order chi connectivity index (χ0) is 37.0. The van der Waals surface area contributed by atoms with Gasteiger partial charge in [-0.3, -0.25) is 0 Å². The number of anilines is 2. The summed E-state index contributed by atoms with van der Waals surface area (Å²) in [7, 11) is 0.762. The van der Waals surface area contributed by atoms with Crippen LogP contribution in [-0.2, 0) is 5.41 Å². The van der Waals surface area contributed by atoms with Gasteiger partial charge in [0.25, 0.3) is 0 Å². The number of aryl methyl sites for hydroxylation is 1. The minimum Gasteiger partial charge on any atom is -0.436 e. The summed E-state index contributed by atoms with van der Waals surface area (Å²) in [6, 6.07) is 63.7. The zero-order valence-corrected chi connectivity index (χ0v) is 30.8. The second-order valence-electron chi connectivity index (χ2n) is 15.2. The largest absolute Gasteiger partial charge is 0.436 e. The van der Waals surface area contributed by atoms with Gasteiger partial charge in [-0.2, -0.15) is 0 Å². The van der Waals surface area contributed by atoms with Crippen LogP contribution in [0.4, 0.5) is 11.4 Å². The third-order valence-corrected chi connectivity index (χ3v) is 12.2. The van der Waals surface area contributed by atoms with Crippen molar-refractivity contribution in [2.24, 2.45) is 0 Å². The van der Waals surface area contributed by atoms with Gasteiger partial charge in [0.15, 0.2) is 12.9 Å². The van der Waals surface area contributed by atoms with Gasteiger partial charge in [0.05, 0.1) is 16.6 Å². The molecule has 4 heterocycles. The van der Waals surface area contributed by atoms with Gasteiger partial charge >= 0.3 is 0 Å². The first-order valence-corrected chi connectivity index (χ1v) is 19.3. The van der Waals surface area contributed by atoms with E-state index in [-0.39, 0.29) is 0 Å². The van der Waals surface area contributed by atoms with E-state index in [2.05, 4.69) is 175 Å². The molecule has 0 aliphatic carbocycles. The molecule has 2 aromatic heterocycles. The molecule has 5 heteroatoms. The molecule has 0 atom stereocenters. The van der Waals surface area contributed by atoms with E-state index >= 15 is 0 Å². The maximum Gasteiger partial charge on any atom is 0.227 e. The molecule has 0 saturated heterocycles. The van der Waals surface area contributed by atoms with Gasteiger partial charge in [0, 0.05) is 38.8 Å². The summed E-state index contributed by atoms with van der Waals surface area (Å²) in [5, 5.41) is 6.58. The summed E-state index contributed by atoms with van der Waals surface area (Å²) in [6.07, 6.45) is 0. The molecule has 0 amide bonds. The highest BCUT2D eigenvalue weighted by molar-refractivity contribution is 6.73. The lowest BCUT2D eigenvalue weighted by atomic mass is 9.58. The normalized spacial score (nSPS) is 13.5. The van der Waals surface area contributed by atoms with Gasteiger partial charge < -0.3 is 14.3 Å². The van der Waals surface area contributed by atoms with Crippen molar-refractivity contribution in [1.82, 2.24) is 9.55 Å². The Kier molecular flexibility index (Phi) is 6.53. The molecule has 4 nitrogen and oxygen atoms in total. The van der Waals surface area contributed by atoms with Crippen molar-refractivity contribution in [2.45, 2.75) is 12.3 Å². The average molecular weight is 716 g/mol. The minimum atomic E-state index is -0.540. The molecule has 1 N–H and O–H groups in total. The molecule has 0 saturated carbocycles. The lowest BCUT2D eigenvalue weighted by Gasteiger charge is -2.43. The smallest absolute Gasteiger partial charge is 0.227 e. The number of para-hydroxylation sites is 3. The maximum absolute atomic E-state index is 6.47.